The number of nitrogens with zero attached hydrogens (tertiary/aromatic N) is 1. The van der Waals surface area contributed by atoms with Crippen LogP contribution in [0.4, 0.5) is 0 Å². The van der Waals surface area contributed by atoms with Crippen LogP contribution in [0.2, 0.25) is 0 Å². The molecule has 0 bridgehead atoms. The molecule has 1 saturated heterocycles. The molecule has 108 valence electrons. The standard InChI is InChI=1S/C15H27N3O/c16-8-12-2-1-3-14(12)15(19)17-9-11-6-7-18(10-11)13-4-5-13/h11-14H,1-10,16H2,(H,17,19). The van der Waals surface area contributed by atoms with Crippen LogP contribution in [0.1, 0.15) is 38.5 Å². The van der Waals surface area contributed by atoms with Crippen LogP contribution in [-0.4, -0.2) is 43.0 Å². The van der Waals surface area contributed by atoms with Crippen LogP contribution in [-0.2, 0) is 4.79 Å². The molecule has 3 aliphatic rings. The average Bonchev–Trinajstić information content (AvgIpc) is 2.99. The van der Waals surface area contributed by atoms with Crippen LogP contribution < -0.4 is 11.1 Å². The van der Waals surface area contributed by atoms with E-state index in [0.29, 0.717) is 18.4 Å². The zero-order valence-electron chi connectivity index (χ0n) is 11.8. The second-order valence-corrected chi connectivity index (χ2v) is 6.66. The fraction of sp³-hybridized carbons (Fsp3) is 0.933. The monoisotopic (exact) mass is 265 g/mol. The van der Waals surface area contributed by atoms with Crippen molar-refractivity contribution >= 4 is 5.91 Å². The van der Waals surface area contributed by atoms with Crippen molar-refractivity contribution in [3.63, 3.8) is 0 Å². The van der Waals surface area contributed by atoms with Crippen molar-refractivity contribution in [3.8, 4) is 0 Å². The first-order chi connectivity index (χ1) is 9.28. The second-order valence-electron chi connectivity index (χ2n) is 6.66. The molecule has 2 saturated carbocycles. The Kier molecular flexibility index (Phi) is 4.08. The molecule has 0 aromatic heterocycles. The van der Waals surface area contributed by atoms with E-state index in [2.05, 4.69) is 10.2 Å². The number of rotatable bonds is 5. The van der Waals surface area contributed by atoms with Gasteiger partial charge >= 0.3 is 0 Å². The average molecular weight is 265 g/mol. The SMILES string of the molecule is NCC1CCCC1C(=O)NCC1CCN(C2CC2)C1. The van der Waals surface area contributed by atoms with E-state index in [9.17, 15) is 4.79 Å². The summed E-state index contributed by atoms with van der Waals surface area (Å²) in [5.41, 5.74) is 5.75. The topological polar surface area (TPSA) is 58.4 Å². The Labute approximate surface area is 116 Å². The predicted octanol–water partition coefficient (Wildman–Crippen LogP) is 0.962. The van der Waals surface area contributed by atoms with Crippen LogP contribution in [0.15, 0.2) is 0 Å². The van der Waals surface area contributed by atoms with Crippen molar-refractivity contribution in [3.05, 3.63) is 0 Å². The largest absolute Gasteiger partial charge is 0.356 e. The number of nitrogens with two attached hydrogens (primary N) is 1. The molecule has 2 aliphatic carbocycles. The van der Waals surface area contributed by atoms with Gasteiger partial charge in [0.05, 0.1) is 0 Å². The molecule has 1 heterocycles. The third-order valence-electron chi connectivity index (χ3n) is 5.24. The fourth-order valence-corrected chi connectivity index (χ4v) is 3.84. The minimum Gasteiger partial charge on any atom is -0.356 e. The van der Waals surface area contributed by atoms with Gasteiger partial charge in [0.15, 0.2) is 0 Å². The molecule has 0 radical (unpaired) electrons. The number of likely N-dealkylation sites (tertiary alicyclic amines) is 1. The first kappa shape index (κ1) is 13.4. The highest BCUT2D eigenvalue weighted by atomic mass is 16.1. The summed E-state index contributed by atoms with van der Waals surface area (Å²) in [7, 11) is 0. The number of hydrogen-bond acceptors (Lipinski definition) is 3. The van der Waals surface area contributed by atoms with Crippen molar-refractivity contribution in [2.45, 2.75) is 44.6 Å². The Bertz CT molecular complexity index is 329. The van der Waals surface area contributed by atoms with Gasteiger partial charge in [-0.25, -0.2) is 0 Å². The minimum atomic E-state index is 0.186. The van der Waals surface area contributed by atoms with Crippen LogP contribution in [0.25, 0.3) is 0 Å². The van der Waals surface area contributed by atoms with E-state index < -0.39 is 0 Å². The van der Waals surface area contributed by atoms with Crippen LogP contribution in [0, 0.1) is 17.8 Å². The molecule has 4 heteroatoms. The molecule has 3 N–H and O–H groups in total. The Morgan fingerprint density at radius 2 is 2.05 bits per heavy atom. The summed E-state index contributed by atoms with van der Waals surface area (Å²) in [6, 6.07) is 0.872. The predicted molar refractivity (Wildman–Crippen MR) is 75.6 cm³/mol. The number of carbonyl (C=O) groups excluding carboxylic acids is 1. The summed E-state index contributed by atoms with van der Waals surface area (Å²) >= 11 is 0. The van der Waals surface area contributed by atoms with Gasteiger partial charge < -0.3 is 16.0 Å². The van der Waals surface area contributed by atoms with E-state index in [4.69, 9.17) is 5.73 Å². The summed E-state index contributed by atoms with van der Waals surface area (Å²) in [5, 5.41) is 3.19. The molecule has 0 aromatic carbocycles. The van der Waals surface area contributed by atoms with E-state index in [0.717, 1.165) is 25.4 Å². The van der Waals surface area contributed by atoms with Crippen molar-refractivity contribution in [2.75, 3.05) is 26.2 Å². The lowest BCUT2D eigenvalue weighted by Crippen LogP contribution is -2.38. The maximum absolute atomic E-state index is 12.2. The first-order valence-corrected chi connectivity index (χ1v) is 7.99. The van der Waals surface area contributed by atoms with Gasteiger partial charge in [0, 0.05) is 25.0 Å². The molecule has 3 atom stereocenters. The Morgan fingerprint density at radius 3 is 2.79 bits per heavy atom. The van der Waals surface area contributed by atoms with E-state index in [1.54, 1.807) is 0 Å². The van der Waals surface area contributed by atoms with Gasteiger partial charge in [-0.1, -0.05) is 6.42 Å². The Balaban J connectivity index is 1.40. The van der Waals surface area contributed by atoms with Crippen LogP contribution in [0.5, 0.6) is 0 Å². The lowest BCUT2D eigenvalue weighted by atomic mass is 9.95. The van der Waals surface area contributed by atoms with E-state index in [1.807, 2.05) is 0 Å². The minimum absolute atomic E-state index is 0.186. The second kappa shape index (κ2) is 5.80. The zero-order valence-corrected chi connectivity index (χ0v) is 11.8. The van der Waals surface area contributed by atoms with Gasteiger partial charge in [0.25, 0.3) is 0 Å². The molecule has 1 amide bonds. The zero-order chi connectivity index (χ0) is 13.2. The molecule has 3 fully saturated rings. The highest BCUT2D eigenvalue weighted by Crippen LogP contribution is 2.32. The molecular weight excluding hydrogens is 238 g/mol. The number of carbonyl (C=O) groups is 1. The Hall–Kier alpha value is -0.610. The van der Waals surface area contributed by atoms with E-state index >= 15 is 0 Å². The maximum atomic E-state index is 12.2. The van der Waals surface area contributed by atoms with Gasteiger partial charge in [0.2, 0.25) is 5.91 Å². The van der Waals surface area contributed by atoms with Crippen molar-refractivity contribution in [2.24, 2.45) is 23.5 Å². The normalized spacial score (nSPS) is 35.7. The van der Waals surface area contributed by atoms with Crippen molar-refractivity contribution in [1.82, 2.24) is 10.2 Å². The quantitative estimate of drug-likeness (QED) is 0.778. The molecule has 3 unspecified atom stereocenters. The molecule has 0 aromatic rings. The summed E-state index contributed by atoms with van der Waals surface area (Å²) in [6.45, 7) is 3.96. The summed E-state index contributed by atoms with van der Waals surface area (Å²) in [6.07, 6.45) is 7.36. The molecule has 19 heavy (non-hydrogen) atoms. The summed E-state index contributed by atoms with van der Waals surface area (Å²) in [4.78, 5) is 14.8. The third-order valence-corrected chi connectivity index (χ3v) is 5.24. The van der Waals surface area contributed by atoms with Gasteiger partial charge in [-0.2, -0.15) is 0 Å². The maximum Gasteiger partial charge on any atom is 0.223 e. The van der Waals surface area contributed by atoms with E-state index in [-0.39, 0.29) is 11.8 Å². The lowest BCUT2D eigenvalue weighted by Gasteiger charge is -2.19. The molecule has 1 aliphatic heterocycles. The van der Waals surface area contributed by atoms with Gasteiger partial charge in [-0.05, 0) is 57.0 Å². The van der Waals surface area contributed by atoms with Crippen LogP contribution in [0.3, 0.4) is 0 Å². The van der Waals surface area contributed by atoms with E-state index in [1.165, 1.54) is 38.8 Å². The molecule has 4 nitrogen and oxygen atoms in total. The van der Waals surface area contributed by atoms with Gasteiger partial charge in [-0.15, -0.1) is 0 Å². The summed E-state index contributed by atoms with van der Waals surface area (Å²) in [5.74, 6) is 1.54. The van der Waals surface area contributed by atoms with Gasteiger partial charge in [0.1, 0.15) is 0 Å². The van der Waals surface area contributed by atoms with Crippen LogP contribution >= 0.6 is 0 Å². The third kappa shape index (κ3) is 3.11. The summed E-state index contributed by atoms with van der Waals surface area (Å²) < 4.78 is 0. The van der Waals surface area contributed by atoms with Crippen molar-refractivity contribution < 1.29 is 4.79 Å². The lowest BCUT2D eigenvalue weighted by molar-refractivity contribution is -0.126. The molecular formula is C15H27N3O. The fourth-order valence-electron chi connectivity index (χ4n) is 3.84. The highest BCUT2D eigenvalue weighted by molar-refractivity contribution is 5.79. The smallest absolute Gasteiger partial charge is 0.223 e. The molecule has 0 spiro atoms. The Morgan fingerprint density at radius 1 is 1.21 bits per heavy atom. The highest BCUT2D eigenvalue weighted by Gasteiger charge is 2.35. The number of nitrogens with one attached hydrogen (secondary N) is 1. The first-order valence-electron chi connectivity index (χ1n) is 7.99. The van der Waals surface area contributed by atoms with Crippen molar-refractivity contribution in [1.29, 1.82) is 0 Å². The number of amides is 1. The molecule has 3 rings (SSSR count). The number of hydrogen-bond donors (Lipinski definition) is 2. The van der Waals surface area contributed by atoms with Gasteiger partial charge in [-0.3, -0.25) is 4.79 Å².